The SMILES string of the molecule is CCOC(=O)CCCCCCNC(=NC)NCc1ccccc1OC.I. The van der Waals surface area contributed by atoms with Gasteiger partial charge in [0.1, 0.15) is 5.75 Å². The molecule has 1 aromatic rings. The highest BCUT2D eigenvalue weighted by atomic mass is 127. The van der Waals surface area contributed by atoms with Gasteiger partial charge in [0.05, 0.1) is 13.7 Å². The Morgan fingerprint density at radius 2 is 1.85 bits per heavy atom. The monoisotopic (exact) mass is 477 g/mol. The number of esters is 1. The lowest BCUT2D eigenvalue weighted by Gasteiger charge is -2.13. The summed E-state index contributed by atoms with van der Waals surface area (Å²) in [6.45, 7) is 3.80. The third-order valence-electron chi connectivity index (χ3n) is 3.77. The van der Waals surface area contributed by atoms with E-state index < -0.39 is 0 Å². The third-order valence-corrected chi connectivity index (χ3v) is 3.77. The van der Waals surface area contributed by atoms with Gasteiger partial charge in [-0.2, -0.15) is 0 Å². The first-order valence-corrected chi connectivity index (χ1v) is 8.93. The van der Waals surface area contributed by atoms with Gasteiger partial charge in [-0.05, 0) is 25.8 Å². The number of carbonyl (C=O) groups excluding carboxylic acids is 1. The zero-order chi connectivity index (χ0) is 18.3. The van der Waals surface area contributed by atoms with Crippen molar-refractivity contribution < 1.29 is 14.3 Å². The largest absolute Gasteiger partial charge is 0.496 e. The van der Waals surface area contributed by atoms with E-state index in [-0.39, 0.29) is 29.9 Å². The molecule has 0 saturated heterocycles. The molecule has 0 unspecified atom stereocenters. The molecular weight excluding hydrogens is 445 g/mol. The fourth-order valence-corrected chi connectivity index (χ4v) is 2.44. The number of benzene rings is 1. The Morgan fingerprint density at radius 3 is 2.54 bits per heavy atom. The Labute approximate surface area is 174 Å². The molecule has 0 spiro atoms. The normalized spacial score (nSPS) is 10.7. The van der Waals surface area contributed by atoms with Gasteiger partial charge in [-0.1, -0.05) is 31.0 Å². The standard InChI is InChI=1S/C19H31N3O3.HI/c1-4-25-18(23)13-7-5-6-10-14-21-19(20-2)22-15-16-11-8-9-12-17(16)24-3;/h8-9,11-12H,4-7,10,13-15H2,1-3H3,(H2,20,21,22);1H. The van der Waals surface area contributed by atoms with Crippen LogP contribution in [-0.2, 0) is 16.1 Å². The number of guanidine groups is 1. The van der Waals surface area contributed by atoms with Crippen LogP contribution >= 0.6 is 24.0 Å². The zero-order valence-electron chi connectivity index (χ0n) is 16.0. The van der Waals surface area contributed by atoms with E-state index in [2.05, 4.69) is 15.6 Å². The van der Waals surface area contributed by atoms with Gasteiger partial charge in [0, 0.05) is 32.1 Å². The summed E-state index contributed by atoms with van der Waals surface area (Å²) < 4.78 is 10.3. The summed E-state index contributed by atoms with van der Waals surface area (Å²) >= 11 is 0. The van der Waals surface area contributed by atoms with Crippen LogP contribution in [0.25, 0.3) is 0 Å². The van der Waals surface area contributed by atoms with Crippen molar-refractivity contribution in [3.8, 4) is 5.75 Å². The van der Waals surface area contributed by atoms with Crippen LogP contribution < -0.4 is 15.4 Å². The van der Waals surface area contributed by atoms with Gasteiger partial charge in [0.25, 0.3) is 0 Å². The number of nitrogens with zero attached hydrogens (tertiary/aromatic N) is 1. The number of nitrogens with one attached hydrogen (secondary N) is 2. The van der Waals surface area contributed by atoms with Crippen LogP contribution in [0.4, 0.5) is 0 Å². The van der Waals surface area contributed by atoms with Crippen molar-refractivity contribution in [2.24, 2.45) is 4.99 Å². The zero-order valence-corrected chi connectivity index (χ0v) is 18.4. The highest BCUT2D eigenvalue weighted by Gasteiger charge is 2.03. The van der Waals surface area contributed by atoms with Gasteiger partial charge in [-0.15, -0.1) is 24.0 Å². The molecule has 0 aromatic heterocycles. The molecular formula is C19H32IN3O3. The molecule has 0 atom stereocenters. The predicted octanol–water partition coefficient (Wildman–Crippen LogP) is 3.49. The maximum absolute atomic E-state index is 11.2. The molecule has 6 nitrogen and oxygen atoms in total. The van der Waals surface area contributed by atoms with Crippen LogP contribution in [0.2, 0.25) is 0 Å². The number of unbranched alkanes of at least 4 members (excludes halogenated alkanes) is 3. The van der Waals surface area contributed by atoms with Gasteiger partial charge >= 0.3 is 5.97 Å². The fourth-order valence-electron chi connectivity index (χ4n) is 2.44. The van der Waals surface area contributed by atoms with Crippen LogP contribution in [0.1, 0.15) is 44.6 Å². The van der Waals surface area contributed by atoms with Gasteiger partial charge in [-0.25, -0.2) is 0 Å². The van der Waals surface area contributed by atoms with Crippen LogP contribution in [0.3, 0.4) is 0 Å². The smallest absolute Gasteiger partial charge is 0.305 e. The van der Waals surface area contributed by atoms with Crippen LogP contribution in [0, 0.1) is 0 Å². The highest BCUT2D eigenvalue weighted by Crippen LogP contribution is 2.16. The van der Waals surface area contributed by atoms with E-state index in [4.69, 9.17) is 9.47 Å². The van der Waals surface area contributed by atoms with Crippen molar-refractivity contribution in [1.29, 1.82) is 0 Å². The minimum absolute atomic E-state index is 0. The van der Waals surface area contributed by atoms with Crippen LogP contribution in [0.15, 0.2) is 29.3 Å². The summed E-state index contributed by atoms with van der Waals surface area (Å²) in [5.74, 6) is 1.55. The van der Waals surface area contributed by atoms with E-state index in [9.17, 15) is 4.79 Å². The third kappa shape index (κ3) is 10.5. The Hall–Kier alpha value is -1.51. The first-order chi connectivity index (χ1) is 12.2. The van der Waals surface area contributed by atoms with Crippen molar-refractivity contribution in [3.05, 3.63) is 29.8 Å². The molecule has 0 amide bonds. The molecule has 0 heterocycles. The topological polar surface area (TPSA) is 72.0 Å². The summed E-state index contributed by atoms with van der Waals surface area (Å²) in [6, 6.07) is 7.93. The van der Waals surface area contributed by atoms with Crippen LogP contribution in [-0.4, -0.2) is 39.2 Å². The number of halogens is 1. The van der Waals surface area contributed by atoms with Crippen molar-refractivity contribution >= 4 is 35.9 Å². The van der Waals surface area contributed by atoms with Crippen molar-refractivity contribution in [3.63, 3.8) is 0 Å². The number of aliphatic imine (C=N–C) groups is 1. The summed E-state index contributed by atoms with van der Waals surface area (Å²) in [5, 5.41) is 6.59. The maximum atomic E-state index is 11.2. The average molecular weight is 477 g/mol. The van der Waals surface area contributed by atoms with E-state index in [0.29, 0.717) is 19.6 Å². The summed E-state index contributed by atoms with van der Waals surface area (Å²) in [4.78, 5) is 15.5. The predicted molar refractivity (Wildman–Crippen MR) is 116 cm³/mol. The van der Waals surface area contributed by atoms with Gasteiger partial charge in [0.15, 0.2) is 5.96 Å². The molecule has 0 aliphatic rings. The first-order valence-electron chi connectivity index (χ1n) is 8.93. The Morgan fingerprint density at radius 1 is 1.12 bits per heavy atom. The van der Waals surface area contributed by atoms with Crippen molar-refractivity contribution in [2.75, 3.05) is 27.3 Å². The lowest BCUT2D eigenvalue weighted by Crippen LogP contribution is -2.37. The van der Waals surface area contributed by atoms with Gasteiger partial charge in [-0.3, -0.25) is 9.79 Å². The Balaban J connectivity index is 0.00000625. The van der Waals surface area contributed by atoms with E-state index in [0.717, 1.165) is 49.5 Å². The molecule has 2 N–H and O–H groups in total. The van der Waals surface area contributed by atoms with Gasteiger partial charge < -0.3 is 20.1 Å². The molecule has 0 aliphatic heterocycles. The first kappa shape index (κ1) is 24.5. The summed E-state index contributed by atoms with van der Waals surface area (Å²) in [7, 11) is 3.44. The summed E-state index contributed by atoms with van der Waals surface area (Å²) in [6.07, 6.45) is 4.56. The lowest BCUT2D eigenvalue weighted by atomic mass is 10.1. The second-order valence-electron chi connectivity index (χ2n) is 5.63. The quantitative estimate of drug-likeness (QED) is 0.168. The van der Waals surface area contributed by atoms with Crippen molar-refractivity contribution in [1.82, 2.24) is 10.6 Å². The maximum Gasteiger partial charge on any atom is 0.305 e. The number of ether oxygens (including phenoxy) is 2. The van der Waals surface area contributed by atoms with E-state index in [1.54, 1.807) is 14.2 Å². The minimum Gasteiger partial charge on any atom is -0.496 e. The molecule has 1 rings (SSSR count). The second-order valence-corrected chi connectivity index (χ2v) is 5.63. The van der Waals surface area contributed by atoms with Gasteiger partial charge in [0.2, 0.25) is 0 Å². The van der Waals surface area contributed by atoms with E-state index in [1.165, 1.54) is 0 Å². The number of methoxy groups -OCH3 is 1. The van der Waals surface area contributed by atoms with E-state index in [1.807, 2.05) is 31.2 Å². The second kappa shape index (κ2) is 15.7. The summed E-state index contributed by atoms with van der Waals surface area (Å²) in [5.41, 5.74) is 1.09. The number of hydrogen-bond donors (Lipinski definition) is 2. The molecule has 1 aromatic carbocycles. The lowest BCUT2D eigenvalue weighted by molar-refractivity contribution is -0.143. The molecule has 148 valence electrons. The molecule has 0 radical (unpaired) electrons. The minimum atomic E-state index is -0.0958. The number of para-hydroxylation sites is 1. The highest BCUT2D eigenvalue weighted by molar-refractivity contribution is 14.0. The number of carbonyl (C=O) groups is 1. The molecule has 26 heavy (non-hydrogen) atoms. The molecule has 0 saturated carbocycles. The molecule has 0 fully saturated rings. The Kier molecular flexibility index (Phi) is 14.8. The van der Waals surface area contributed by atoms with E-state index >= 15 is 0 Å². The number of hydrogen-bond acceptors (Lipinski definition) is 4. The number of rotatable bonds is 11. The Bertz CT molecular complexity index is 539. The fraction of sp³-hybridized carbons (Fsp3) is 0.579. The average Bonchev–Trinajstić information content (AvgIpc) is 2.63. The molecule has 7 heteroatoms. The van der Waals surface area contributed by atoms with Crippen LogP contribution in [0.5, 0.6) is 5.75 Å². The van der Waals surface area contributed by atoms with Crippen molar-refractivity contribution in [2.45, 2.75) is 45.6 Å². The molecule has 0 bridgehead atoms. The molecule has 0 aliphatic carbocycles.